The second-order valence-corrected chi connectivity index (χ2v) is 6.91. The number of esters is 1. The van der Waals surface area contributed by atoms with Crippen LogP contribution < -0.4 is 4.90 Å². The van der Waals surface area contributed by atoms with Gasteiger partial charge in [0.05, 0.1) is 0 Å². The molecule has 0 radical (unpaired) electrons. The van der Waals surface area contributed by atoms with Crippen LogP contribution in [0.15, 0.2) is 60.7 Å². The summed E-state index contributed by atoms with van der Waals surface area (Å²) in [6.45, 7) is 0.242. The molecule has 1 aliphatic heterocycles. The number of phenols is 1. The van der Waals surface area contributed by atoms with E-state index in [9.17, 15) is 19.5 Å². The average molecular weight is 389 g/mol. The minimum Gasteiger partial charge on any atom is -0.507 e. The zero-order valence-electron chi connectivity index (χ0n) is 15.6. The van der Waals surface area contributed by atoms with Crippen LogP contribution in [0.5, 0.6) is 5.75 Å². The maximum absolute atomic E-state index is 12.4. The number of phenolic OH excluding ortho intramolecular Hbond substituents is 1. The Kier molecular flexibility index (Phi) is 4.99. The summed E-state index contributed by atoms with van der Waals surface area (Å²) in [5, 5.41) is 11.7. The number of carbonyl (C=O) groups is 3. The molecule has 0 atom stereocenters. The molecule has 0 saturated carbocycles. The number of Topliss-reactive ketones (excluding diaryl/α,β-unsaturated/α-hetero) is 1. The quantitative estimate of drug-likeness (QED) is 0.531. The summed E-state index contributed by atoms with van der Waals surface area (Å²) in [7, 11) is 0. The van der Waals surface area contributed by atoms with Gasteiger partial charge in [-0.3, -0.25) is 9.59 Å². The van der Waals surface area contributed by atoms with Crippen LogP contribution in [0.25, 0.3) is 10.8 Å². The number of anilines is 1. The molecule has 0 bridgehead atoms. The zero-order chi connectivity index (χ0) is 20.4. The Bertz CT molecular complexity index is 1100. The van der Waals surface area contributed by atoms with Gasteiger partial charge in [-0.2, -0.15) is 0 Å². The van der Waals surface area contributed by atoms with Crippen molar-refractivity contribution in [3.63, 3.8) is 0 Å². The second-order valence-electron chi connectivity index (χ2n) is 6.91. The first-order valence-electron chi connectivity index (χ1n) is 9.35. The number of fused-ring (bicyclic) bond motifs is 1. The molecule has 0 spiro atoms. The van der Waals surface area contributed by atoms with Gasteiger partial charge in [-0.25, -0.2) is 4.79 Å². The smallest absolute Gasteiger partial charge is 0.342 e. The molecule has 1 saturated heterocycles. The predicted octanol–water partition coefficient (Wildman–Crippen LogP) is 3.71. The molecule has 146 valence electrons. The molecule has 4 rings (SSSR count). The first-order chi connectivity index (χ1) is 14.0. The highest BCUT2D eigenvalue weighted by Crippen LogP contribution is 2.26. The monoisotopic (exact) mass is 389 g/mol. The number of nitrogens with zero attached hydrogens (tertiary/aromatic N) is 1. The van der Waals surface area contributed by atoms with Crippen molar-refractivity contribution in [1.29, 1.82) is 0 Å². The van der Waals surface area contributed by atoms with Gasteiger partial charge in [0.25, 0.3) is 0 Å². The molecular weight excluding hydrogens is 370 g/mol. The molecule has 1 fully saturated rings. The van der Waals surface area contributed by atoms with Gasteiger partial charge in [0.1, 0.15) is 11.3 Å². The maximum Gasteiger partial charge on any atom is 0.342 e. The minimum absolute atomic E-state index is 0.0133. The van der Waals surface area contributed by atoms with Gasteiger partial charge in [0, 0.05) is 24.2 Å². The summed E-state index contributed by atoms with van der Waals surface area (Å²) >= 11 is 0. The third-order valence-corrected chi connectivity index (χ3v) is 4.99. The van der Waals surface area contributed by atoms with Crippen LogP contribution in [0.2, 0.25) is 0 Å². The first-order valence-corrected chi connectivity index (χ1v) is 9.35. The van der Waals surface area contributed by atoms with Crippen LogP contribution in [0.3, 0.4) is 0 Å². The fraction of sp³-hybridized carbons (Fsp3) is 0.174. The number of hydrogen-bond donors (Lipinski definition) is 1. The third kappa shape index (κ3) is 3.82. The molecule has 0 aliphatic carbocycles. The largest absolute Gasteiger partial charge is 0.507 e. The first kappa shape index (κ1) is 18.7. The van der Waals surface area contributed by atoms with Gasteiger partial charge in [-0.1, -0.05) is 24.3 Å². The van der Waals surface area contributed by atoms with Gasteiger partial charge in [0.2, 0.25) is 5.91 Å². The Balaban J connectivity index is 1.42. The van der Waals surface area contributed by atoms with E-state index in [0.717, 1.165) is 22.9 Å². The lowest BCUT2D eigenvalue weighted by Gasteiger charge is -2.15. The molecule has 6 nitrogen and oxygen atoms in total. The van der Waals surface area contributed by atoms with Crippen LogP contribution in [0.1, 0.15) is 33.6 Å². The van der Waals surface area contributed by atoms with Gasteiger partial charge < -0.3 is 14.7 Å². The van der Waals surface area contributed by atoms with E-state index in [4.69, 9.17) is 4.74 Å². The molecule has 3 aromatic rings. The standard InChI is InChI=1S/C23H19NO5/c25-20-13-17-5-2-1-4-16(17)12-19(20)23(28)29-14-21(26)15-7-9-18(10-8-15)24-11-3-6-22(24)27/h1-2,4-5,7-10,12-13,25H,3,6,11,14H2. The number of amides is 1. The molecule has 0 aromatic heterocycles. The predicted molar refractivity (Wildman–Crippen MR) is 108 cm³/mol. The highest BCUT2D eigenvalue weighted by atomic mass is 16.5. The lowest BCUT2D eigenvalue weighted by molar-refractivity contribution is -0.117. The van der Waals surface area contributed by atoms with Crippen molar-refractivity contribution in [3.05, 3.63) is 71.8 Å². The van der Waals surface area contributed by atoms with Gasteiger partial charge in [-0.05, 0) is 53.6 Å². The lowest BCUT2D eigenvalue weighted by atomic mass is 10.1. The Morgan fingerprint density at radius 3 is 2.34 bits per heavy atom. The molecule has 1 heterocycles. The highest BCUT2D eigenvalue weighted by molar-refractivity contribution is 6.02. The number of hydrogen-bond acceptors (Lipinski definition) is 5. The van der Waals surface area contributed by atoms with Crippen LogP contribution >= 0.6 is 0 Å². The molecule has 1 N–H and O–H groups in total. The van der Waals surface area contributed by atoms with Crippen LogP contribution in [-0.4, -0.2) is 35.9 Å². The van der Waals surface area contributed by atoms with Crippen molar-refractivity contribution in [3.8, 4) is 5.75 Å². The van der Waals surface area contributed by atoms with Crippen LogP contribution in [0.4, 0.5) is 5.69 Å². The Hall–Kier alpha value is -3.67. The summed E-state index contributed by atoms with van der Waals surface area (Å²) in [5.74, 6) is -1.24. The molecule has 0 unspecified atom stereocenters. The van der Waals surface area contributed by atoms with E-state index < -0.39 is 12.6 Å². The Morgan fingerprint density at radius 2 is 1.69 bits per heavy atom. The van der Waals surface area contributed by atoms with Gasteiger partial charge in [-0.15, -0.1) is 0 Å². The zero-order valence-corrected chi connectivity index (χ0v) is 15.6. The number of carbonyl (C=O) groups excluding carboxylic acids is 3. The molecule has 6 heteroatoms. The summed E-state index contributed by atoms with van der Waals surface area (Å²) in [5.41, 5.74) is 1.15. The van der Waals surface area contributed by atoms with E-state index in [1.807, 2.05) is 24.3 Å². The van der Waals surface area contributed by atoms with Crippen molar-refractivity contribution < 1.29 is 24.2 Å². The molecule has 29 heavy (non-hydrogen) atoms. The van der Waals surface area contributed by atoms with E-state index in [0.29, 0.717) is 18.5 Å². The fourth-order valence-electron chi connectivity index (χ4n) is 3.43. The Morgan fingerprint density at radius 1 is 1.00 bits per heavy atom. The van der Waals surface area contributed by atoms with Gasteiger partial charge in [0.15, 0.2) is 12.4 Å². The van der Waals surface area contributed by atoms with E-state index in [1.165, 1.54) is 6.07 Å². The molecule has 1 aliphatic rings. The minimum atomic E-state index is -0.763. The summed E-state index contributed by atoms with van der Waals surface area (Å²) < 4.78 is 5.11. The topological polar surface area (TPSA) is 83.9 Å². The fourth-order valence-corrected chi connectivity index (χ4v) is 3.43. The number of aromatic hydroxyl groups is 1. The maximum atomic E-state index is 12.4. The molecule has 3 aromatic carbocycles. The second kappa shape index (κ2) is 7.75. The number of ketones is 1. The highest BCUT2D eigenvalue weighted by Gasteiger charge is 2.22. The van der Waals surface area contributed by atoms with Gasteiger partial charge >= 0.3 is 5.97 Å². The normalized spacial score (nSPS) is 13.7. The Labute approximate surface area is 167 Å². The van der Waals surface area contributed by atoms with E-state index >= 15 is 0 Å². The third-order valence-electron chi connectivity index (χ3n) is 4.99. The lowest BCUT2D eigenvalue weighted by Crippen LogP contribution is -2.23. The number of ether oxygens (including phenoxy) is 1. The van der Waals surface area contributed by atoms with Crippen LogP contribution in [-0.2, 0) is 9.53 Å². The SMILES string of the molecule is O=C(COC(=O)c1cc2ccccc2cc1O)c1ccc(N2CCCC2=O)cc1. The molecular formula is C23H19NO5. The number of rotatable bonds is 5. The van der Waals surface area contributed by atoms with Crippen molar-refractivity contribution >= 4 is 34.1 Å². The summed E-state index contributed by atoms with van der Waals surface area (Å²) in [4.78, 5) is 38.2. The van der Waals surface area contributed by atoms with E-state index in [2.05, 4.69) is 0 Å². The van der Waals surface area contributed by atoms with Crippen molar-refractivity contribution in [2.24, 2.45) is 0 Å². The summed E-state index contributed by atoms with van der Waals surface area (Å²) in [6, 6.07) is 17.0. The molecule has 1 amide bonds. The average Bonchev–Trinajstić information content (AvgIpc) is 3.17. The summed E-state index contributed by atoms with van der Waals surface area (Å²) in [6.07, 6.45) is 1.37. The van der Waals surface area contributed by atoms with Crippen molar-refractivity contribution in [2.45, 2.75) is 12.8 Å². The number of benzene rings is 3. The van der Waals surface area contributed by atoms with E-state index in [1.54, 1.807) is 35.2 Å². The van der Waals surface area contributed by atoms with Crippen molar-refractivity contribution in [2.75, 3.05) is 18.1 Å². The van der Waals surface area contributed by atoms with E-state index in [-0.39, 0.29) is 23.0 Å². The van der Waals surface area contributed by atoms with Crippen LogP contribution in [0, 0.1) is 0 Å². The van der Waals surface area contributed by atoms with Crippen molar-refractivity contribution in [1.82, 2.24) is 0 Å².